The van der Waals surface area contributed by atoms with E-state index in [9.17, 15) is 0 Å². The molecule has 0 spiro atoms. The van der Waals surface area contributed by atoms with Crippen LogP contribution in [0.15, 0.2) is 41.1 Å². The van der Waals surface area contributed by atoms with E-state index < -0.39 is 0 Å². The highest BCUT2D eigenvalue weighted by molar-refractivity contribution is 7.07. The molecule has 1 aromatic carbocycles. The Kier molecular flexibility index (Phi) is 6.80. The van der Waals surface area contributed by atoms with Gasteiger partial charge in [-0.25, -0.2) is 0 Å². The van der Waals surface area contributed by atoms with E-state index in [2.05, 4.69) is 34.3 Å². The van der Waals surface area contributed by atoms with Crippen molar-refractivity contribution in [2.75, 3.05) is 13.7 Å². The second kappa shape index (κ2) is 8.14. The van der Waals surface area contributed by atoms with E-state index in [0.717, 1.165) is 25.3 Å². The Balaban J connectivity index is 0.00000162. The molecule has 0 aliphatic heterocycles. The van der Waals surface area contributed by atoms with Gasteiger partial charge in [-0.3, -0.25) is 0 Å². The first-order valence-electron chi connectivity index (χ1n) is 5.73. The van der Waals surface area contributed by atoms with Crippen LogP contribution in [-0.2, 0) is 13.0 Å². The quantitative estimate of drug-likeness (QED) is 0.819. The van der Waals surface area contributed by atoms with Gasteiger partial charge in [-0.1, -0.05) is 12.1 Å². The van der Waals surface area contributed by atoms with Crippen molar-refractivity contribution in [2.45, 2.75) is 13.0 Å². The normalized spacial score (nSPS) is 9.83. The Morgan fingerprint density at radius 2 is 1.89 bits per heavy atom. The average molecular weight is 284 g/mol. The Morgan fingerprint density at radius 1 is 1.11 bits per heavy atom. The average Bonchev–Trinajstić information content (AvgIpc) is 2.88. The van der Waals surface area contributed by atoms with Crippen molar-refractivity contribution < 1.29 is 4.74 Å². The molecular formula is C14H18ClNOS. The van der Waals surface area contributed by atoms with Crippen LogP contribution in [0.1, 0.15) is 11.1 Å². The third-order valence-electron chi connectivity index (χ3n) is 2.66. The van der Waals surface area contributed by atoms with E-state index in [-0.39, 0.29) is 12.4 Å². The van der Waals surface area contributed by atoms with Gasteiger partial charge in [0.15, 0.2) is 0 Å². The molecule has 2 rings (SSSR count). The number of methoxy groups -OCH3 is 1. The molecule has 0 aliphatic carbocycles. The first-order chi connectivity index (χ1) is 8.38. The summed E-state index contributed by atoms with van der Waals surface area (Å²) < 4.78 is 5.12. The molecule has 1 aromatic heterocycles. The number of hydrogen-bond donors (Lipinski definition) is 1. The van der Waals surface area contributed by atoms with Crippen LogP contribution in [-0.4, -0.2) is 13.7 Å². The van der Waals surface area contributed by atoms with Crippen molar-refractivity contribution in [1.29, 1.82) is 0 Å². The minimum Gasteiger partial charge on any atom is -0.497 e. The highest BCUT2D eigenvalue weighted by Gasteiger charge is 1.95. The Morgan fingerprint density at radius 3 is 2.50 bits per heavy atom. The summed E-state index contributed by atoms with van der Waals surface area (Å²) in [6.07, 6.45) is 1.10. The monoisotopic (exact) mass is 283 g/mol. The van der Waals surface area contributed by atoms with Crippen molar-refractivity contribution >= 4 is 23.7 Å². The molecule has 0 aliphatic rings. The third kappa shape index (κ3) is 4.69. The van der Waals surface area contributed by atoms with Gasteiger partial charge in [0, 0.05) is 6.54 Å². The summed E-state index contributed by atoms with van der Waals surface area (Å²) in [5.74, 6) is 0.909. The molecule has 0 saturated heterocycles. The van der Waals surface area contributed by atoms with Crippen LogP contribution >= 0.6 is 23.7 Å². The number of thiophene rings is 1. The predicted molar refractivity (Wildman–Crippen MR) is 80.0 cm³/mol. The van der Waals surface area contributed by atoms with Gasteiger partial charge < -0.3 is 10.1 Å². The summed E-state index contributed by atoms with van der Waals surface area (Å²) in [6.45, 7) is 1.93. The molecule has 0 fully saturated rings. The van der Waals surface area contributed by atoms with Gasteiger partial charge in [-0.2, -0.15) is 11.3 Å². The fraction of sp³-hybridized carbons (Fsp3) is 0.286. The maximum absolute atomic E-state index is 5.12. The molecule has 0 atom stereocenters. The standard InChI is InChI=1S/C14H17NOS.ClH/c1-16-14-4-2-12(3-5-14)10-15-8-6-13-7-9-17-11-13;/h2-5,7,9,11,15H,6,8,10H2,1H3;1H. The number of rotatable bonds is 6. The van der Waals surface area contributed by atoms with Crippen LogP contribution in [0, 0.1) is 0 Å². The van der Waals surface area contributed by atoms with Crippen molar-refractivity contribution in [3.63, 3.8) is 0 Å². The molecular weight excluding hydrogens is 266 g/mol. The number of ether oxygens (including phenoxy) is 1. The van der Waals surface area contributed by atoms with Crippen LogP contribution in [0.25, 0.3) is 0 Å². The number of benzene rings is 1. The van der Waals surface area contributed by atoms with Gasteiger partial charge in [0.05, 0.1) is 7.11 Å². The lowest BCUT2D eigenvalue weighted by atomic mass is 10.2. The summed E-state index contributed by atoms with van der Waals surface area (Å²) in [7, 11) is 1.69. The second-order valence-electron chi connectivity index (χ2n) is 3.91. The summed E-state index contributed by atoms with van der Waals surface area (Å²) in [5.41, 5.74) is 2.70. The summed E-state index contributed by atoms with van der Waals surface area (Å²) in [6, 6.07) is 10.4. The molecule has 4 heteroatoms. The maximum Gasteiger partial charge on any atom is 0.118 e. The van der Waals surface area contributed by atoms with E-state index in [4.69, 9.17) is 4.74 Å². The van der Waals surface area contributed by atoms with Crippen LogP contribution in [0.2, 0.25) is 0 Å². The molecule has 18 heavy (non-hydrogen) atoms. The van der Waals surface area contributed by atoms with Crippen molar-refractivity contribution in [3.8, 4) is 5.75 Å². The summed E-state index contributed by atoms with van der Waals surface area (Å²) >= 11 is 1.76. The lowest BCUT2D eigenvalue weighted by Crippen LogP contribution is -2.16. The lowest BCUT2D eigenvalue weighted by Gasteiger charge is -2.05. The van der Waals surface area contributed by atoms with E-state index in [1.165, 1.54) is 11.1 Å². The maximum atomic E-state index is 5.12. The van der Waals surface area contributed by atoms with Crippen LogP contribution < -0.4 is 10.1 Å². The number of halogens is 1. The highest BCUT2D eigenvalue weighted by Crippen LogP contribution is 2.11. The Hall–Kier alpha value is -1.03. The zero-order valence-electron chi connectivity index (χ0n) is 10.4. The van der Waals surface area contributed by atoms with Gasteiger partial charge in [-0.05, 0) is 53.1 Å². The second-order valence-corrected chi connectivity index (χ2v) is 4.69. The first kappa shape index (κ1) is 15.0. The van der Waals surface area contributed by atoms with Crippen molar-refractivity contribution in [2.24, 2.45) is 0 Å². The first-order valence-corrected chi connectivity index (χ1v) is 6.67. The van der Waals surface area contributed by atoms with Gasteiger partial charge in [0.25, 0.3) is 0 Å². The van der Waals surface area contributed by atoms with Crippen LogP contribution in [0.4, 0.5) is 0 Å². The van der Waals surface area contributed by atoms with E-state index in [1.807, 2.05) is 12.1 Å². The summed E-state index contributed by atoms with van der Waals surface area (Å²) in [5, 5.41) is 7.77. The van der Waals surface area contributed by atoms with Crippen LogP contribution in [0.3, 0.4) is 0 Å². The van der Waals surface area contributed by atoms with E-state index >= 15 is 0 Å². The largest absolute Gasteiger partial charge is 0.497 e. The molecule has 0 unspecified atom stereocenters. The molecule has 0 bridgehead atoms. The molecule has 1 N–H and O–H groups in total. The zero-order valence-corrected chi connectivity index (χ0v) is 12.0. The smallest absolute Gasteiger partial charge is 0.118 e. The minimum atomic E-state index is 0. The molecule has 2 aromatic rings. The zero-order chi connectivity index (χ0) is 11.9. The van der Waals surface area contributed by atoms with E-state index in [0.29, 0.717) is 0 Å². The van der Waals surface area contributed by atoms with Crippen molar-refractivity contribution in [3.05, 3.63) is 52.2 Å². The highest BCUT2D eigenvalue weighted by atomic mass is 35.5. The van der Waals surface area contributed by atoms with Crippen LogP contribution in [0.5, 0.6) is 5.75 Å². The van der Waals surface area contributed by atoms with Gasteiger partial charge in [-0.15, -0.1) is 12.4 Å². The lowest BCUT2D eigenvalue weighted by molar-refractivity contribution is 0.414. The van der Waals surface area contributed by atoms with E-state index in [1.54, 1.807) is 18.4 Å². The minimum absolute atomic E-state index is 0. The topological polar surface area (TPSA) is 21.3 Å². The molecule has 0 radical (unpaired) electrons. The molecule has 98 valence electrons. The van der Waals surface area contributed by atoms with Gasteiger partial charge in [0.2, 0.25) is 0 Å². The fourth-order valence-corrected chi connectivity index (χ4v) is 2.35. The summed E-state index contributed by atoms with van der Waals surface area (Å²) in [4.78, 5) is 0. The molecule has 1 heterocycles. The van der Waals surface area contributed by atoms with Crippen molar-refractivity contribution in [1.82, 2.24) is 5.32 Å². The number of hydrogen-bond acceptors (Lipinski definition) is 3. The SMILES string of the molecule is COc1ccc(CNCCc2ccsc2)cc1.Cl. The fourth-order valence-electron chi connectivity index (χ4n) is 1.64. The third-order valence-corrected chi connectivity index (χ3v) is 3.39. The van der Waals surface area contributed by atoms with Gasteiger partial charge >= 0.3 is 0 Å². The molecule has 0 amide bonds. The molecule has 2 nitrogen and oxygen atoms in total. The number of nitrogens with one attached hydrogen (secondary N) is 1. The molecule has 0 saturated carbocycles. The Bertz CT molecular complexity index is 428. The van der Waals surface area contributed by atoms with Gasteiger partial charge in [0.1, 0.15) is 5.75 Å². The predicted octanol–water partition coefficient (Wildman–Crippen LogP) is 3.51. The Labute approximate surface area is 118 Å².